The number of aliphatic hydroxyl groups excluding tert-OH is 1. The van der Waals surface area contributed by atoms with Gasteiger partial charge in [-0.15, -0.1) is 18.3 Å². The Hall–Kier alpha value is -0.220. The molecule has 0 bridgehead atoms. The van der Waals surface area contributed by atoms with Crippen molar-refractivity contribution in [1.29, 1.82) is 0 Å². The van der Waals surface area contributed by atoms with Crippen molar-refractivity contribution in [2.75, 3.05) is 0 Å². The molecule has 0 spiro atoms. The summed E-state index contributed by atoms with van der Waals surface area (Å²) in [6, 6.07) is 7.78. The maximum atomic E-state index is 13.5. The zero-order valence-electron chi connectivity index (χ0n) is 10.7. The predicted octanol–water partition coefficient (Wildman–Crippen LogP) is 4.88. The lowest BCUT2D eigenvalue weighted by molar-refractivity contribution is 0.0933. The number of allylic oxidation sites excluding steroid dienone is 1. The van der Waals surface area contributed by atoms with Gasteiger partial charge in [0.25, 0.3) is 4.59 Å². The first-order chi connectivity index (χ1) is 8.84. The van der Waals surface area contributed by atoms with E-state index in [1.165, 1.54) is 11.8 Å². The summed E-state index contributed by atoms with van der Waals surface area (Å²) in [7, 11) is 0. The van der Waals surface area contributed by atoms with Crippen molar-refractivity contribution < 1.29 is 9.50 Å². The molecule has 1 N–H and O–H groups in total. The number of benzene rings is 1. The lowest BCUT2D eigenvalue weighted by Gasteiger charge is -2.26. The smallest absolute Gasteiger partial charge is 0.284 e. The Kier molecular flexibility index (Phi) is 6.67. The fraction of sp³-hybridized carbons (Fsp3) is 0.429. The molecule has 0 aliphatic rings. The monoisotopic (exact) mass is 322 g/mol. The van der Waals surface area contributed by atoms with Crippen LogP contribution in [0.2, 0.25) is 0 Å². The third-order valence-electron chi connectivity index (χ3n) is 2.65. The van der Waals surface area contributed by atoms with Crippen LogP contribution in [0.4, 0.5) is 4.39 Å². The maximum absolute atomic E-state index is 13.5. The second kappa shape index (κ2) is 7.53. The molecule has 19 heavy (non-hydrogen) atoms. The van der Waals surface area contributed by atoms with Crippen LogP contribution in [0.1, 0.15) is 18.4 Å². The molecule has 0 radical (unpaired) electrons. The highest BCUT2D eigenvalue weighted by Gasteiger charge is 2.39. The van der Waals surface area contributed by atoms with E-state index in [0.717, 1.165) is 10.5 Å². The second-order valence-corrected chi connectivity index (χ2v) is 6.93. The molecule has 0 unspecified atom stereocenters. The molecular formula is C14H17Cl2FOS. The van der Waals surface area contributed by atoms with E-state index in [1.807, 2.05) is 31.2 Å². The van der Waals surface area contributed by atoms with E-state index in [1.54, 1.807) is 6.08 Å². The first kappa shape index (κ1) is 16.8. The van der Waals surface area contributed by atoms with Crippen LogP contribution < -0.4 is 0 Å². The Morgan fingerprint density at radius 3 is 2.47 bits per heavy atom. The van der Waals surface area contributed by atoms with Crippen molar-refractivity contribution in [3.63, 3.8) is 0 Å². The molecule has 0 saturated heterocycles. The van der Waals surface area contributed by atoms with Gasteiger partial charge in [0.1, 0.15) is 6.10 Å². The fourth-order valence-corrected chi connectivity index (χ4v) is 3.23. The van der Waals surface area contributed by atoms with Crippen LogP contribution >= 0.6 is 35.0 Å². The van der Waals surface area contributed by atoms with Gasteiger partial charge in [-0.1, -0.05) is 47.0 Å². The molecule has 0 aliphatic heterocycles. The minimum Gasteiger partial charge on any atom is -0.386 e. The highest BCUT2D eigenvalue weighted by molar-refractivity contribution is 8.00. The van der Waals surface area contributed by atoms with Gasteiger partial charge in [-0.05, 0) is 31.9 Å². The van der Waals surface area contributed by atoms with Gasteiger partial charge in [-0.2, -0.15) is 0 Å². The number of thioether (sulfide) groups is 1. The SMILES string of the molecule is C=CCC[C@H](Sc1ccc(C)cc1)[C@H](O)C(F)(Cl)Cl. The Bertz CT molecular complexity index is 403. The number of hydrogen-bond donors (Lipinski definition) is 1. The van der Waals surface area contributed by atoms with E-state index >= 15 is 0 Å². The van der Waals surface area contributed by atoms with Crippen LogP contribution in [0, 0.1) is 6.92 Å². The van der Waals surface area contributed by atoms with Crippen molar-refractivity contribution in [3.05, 3.63) is 42.5 Å². The van der Waals surface area contributed by atoms with E-state index in [-0.39, 0.29) is 0 Å². The molecule has 0 aliphatic carbocycles. The Labute approximate surface area is 127 Å². The van der Waals surface area contributed by atoms with E-state index in [2.05, 4.69) is 6.58 Å². The van der Waals surface area contributed by atoms with Gasteiger partial charge in [0.05, 0.1) is 0 Å². The molecule has 2 atom stereocenters. The van der Waals surface area contributed by atoms with Gasteiger partial charge in [0.15, 0.2) is 0 Å². The molecule has 5 heteroatoms. The van der Waals surface area contributed by atoms with Gasteiger partial charge < -0.3 is 5.11 Å². The minimum absolute atomic E-state index is 0.430. The number of rotatable bonds is 7. The molecule has 0 fully saturated rings. The summed E-state index contributed by atoms with van der Waals surface area (Å²) >= 11 is 12.1. The average molecular weight is 323 g/mol. The van der Waals surface area contributed by atoms with E-state index < -0.39 is 15.9 Å². The van der Waals surface area contributed by atoms with Gasteiger partial charge in [-0.3, -0.25) is 0 Å². The lowest BCUT2D eigenvalue weighted by atomic mass is 10.1. The summed E-state index contributed by atoms with van der Waals surface area (Å²) in [5.41, 5.74) is 1.14. The number of aryl methyl sites for hydroxylation is 1. The van der Waals surface area contributed by atoms with Crippen molar-refractivity contribution in [1.82, 2.24) is 0 Å². The Balaban J connectivity index is 2.79. The van der Waals surface area contributed by atoms with Crippen LogP contribution in [0.25, 0.3) is 0 Å². The molecule has 1 aromatic carbocycles. The molecule has 1 nitrogen and oxygen atoms in total. The molecule has 0 heterocycles. The first-order valence-corrected chi connectivity index (χ1v) is 7.57. The summed E-state index contributed by atoms with van der Waals surface area (Å²) < 4.78 is 10.8. The van der Waals surface area contributed by atoms with Gasteiger partial charge in [0, 0.05) is 10.1 Å². The molecule has 106 valence electrons. The molecule has 1 rings (SSSR count). The Morgan fingerprint density at radius 1 is 1.42 bits per heavy atom. The number of halogens is 3. The molecular weight excluding hydrogens is 306 g/mol. The molecule has 0 amide bonds. The third-order valence-corrected chi connectivity index (χ3v) is 4.44. The molecule has 0 aromatic heterocycles. The van der Waals surface area contributed by atoms with E-state index in [4.69, 9.17) is 23.2 Å². The van der Waals surface area contributed by atoms with Crippen molar-refractivity contribution in [3.8, 4) is 0 Å². The van der Waals surface area contributed by atoms with Gasteiger partial charge in [-0.25, -0.2) is 4.39 Å². The van der Waals surface area contributed by atoms with Crippen molar-refractivity contribution >= 4 is 35.0 Å². The average Bonchev–Trinajstić information content (AvgIpc) is 2.35. The zero-order valence-corrected chi connectivity index (χ0v) is 13.0. The van der Waals surface area contributed by atoms with Crippen molar-refractivity contribution in [2.24, 2.45) is 0 Å². The van der Waals surface area contributed by atoms with E-state index in [0.29, 0.717) is 12.8 Å². The zero-order chi connectivity index (χ0) is 14.5. The van der Waals surface area contributed by atoms with Gasteiger partial charge >= 0.3 is 0 Å². The van der Waals surface area contributed by atoms with Gasteiger partial charge in [0.2, 0.25) is 0 Å². The quantitative estimate of drug-likeness (QED) is 0.438. The second-order valence-electron chi connectivity index (χ2n) is 4.32. The number of alkyl halides is 3. The maximum Gasteiger partial charge on any atom is 0.284 e. The lowest BCUT2D eigenvalue weighted by Crippen LogP contribution is -2.36. The molecule has 1 aromatic rings. The summed E-state index contributed by atoms with van der Waals surface area (Å²) in [4.78, 5) is 0.941. The normalized spacial score (nSPS) is 15.0. The topological polar surface area (TPSA) is 20.2 Å². The highest BCUT2D eigenvalue weighted by Crippen LogP contribution is 2.37. The van der Waals surface area contributed by atoms with Crippen LogP contribution in [-0.2, 0) is 0 Å². The molecule has 0 saturated carbocycles. The van der Waals surface area contributed by atoms with E-state index in [9.17, 15) is 9.50 Å². The summed E-state index contributed by atoms with van der Waals surface area (Å²) in [6.07, 6.45) is 1.47. The van der Waals surface area contributed by atoms with Crippen LogP contribution in [0.15, 0.2) is 41.8 Å². The summed E-state index contributed by atoms with van der Waals surface area (Å²) in [5, 5.41) is 9.46. The highest BCUT2D eigenvalue weighted by atomic mass is 35.5. The largest absolute Gasteiger partial charge is 0.386 e. The standard InChI is InChI=1S/C14H17Cl2FOS/c1-3-4-5-12(13(18)14(15,16)17)19-11-8-6-10(2)7-9-11/h3,6-9,12-13,18H,1,4-5H2,2H3/t12-,13-/m0/s1. The van der Waals surface area contributed by atoms with Crippen LogP contribution in [-0.4, -0.2) is 21.0 Å². The number of aliphatic hydroxyl groups is 1. The fourth-order valence-electron chi connectivity index (χ4n) is 1.57. The third kappa shape index (κ3) is 5.74. The minimum atomic E-state index is -2.65. The number of hydrogen-bond acceptors (Lipinski definition) is 2. The first-order valence-electron chi connectivity index (χ1n) is 5.93. The summed E-state index contributed by atoms with van der Waals surface area (Å²) in [5.74, 6) is 0. The van der Waals surface area contributed by atoms with Crippen LogP contribution in [0.5, 0.6) is 0 Å². The van der Waals surface area contributed by atoms with Crippen molar-refractivity contribution in [2.45, 2.75) is 40.6 Å². The predicted molar refractivity (Wildman–Crippen MR) is 81.8 cm³/mol. The summed E-state index contributed by atoms with van der Waals surface area (Å²) in [6.45, 7) is 5.61. The Morgan fingerprint density at radius 2 is 2.00 bits per heavy atom. The van der Waals surface area contributed by atoms with Crippen LogP contribution in [0.3, 0.4) is 0 Å².